The van der Waals surface area contributed by atoms with Crippen molar-refractivity contribution >= 4 is 11.9 Å². The van der Waals surface area contributed by atoms with Crippen molar-refractivity contribution in [3.05, 3.63) is 53.6 Å². The summed E-state index contributed by atoms with van der Waals surface area (Å²) in [6.07, 6.45) is -4.47. The molecule has 28 heavy (non-hydrogen) atoms. The van der Waals surface area contributed by atoms with E-state index in [4.69, 9.17) is 10.5 Å². The van der Waals surface area contributed by atoms with Gasteiger partial charge in [-0.2, -0.15) is 13.2 Å². The molecule has 0 saturated carbocycles. The van der Waals surface area contributed by atoms with Crippen molar-refractivity contribution in [2.24, 2.45) is 5.73 Å². The van der Waals surface area contributed by atoms with E-state index in [0.29, 0.717) is 17.7 Å². The first kappa shape index (κ1) is 19.5. The van der Waals surface area contributed by atoms with Crippen molar-refractivity contribution in [3.8, 4) is 16.9 Å². The van der Waals surface area contributed by atoms with Gasteiger partial charge in [-0.3, -0.25) is 4.79 Å². The summed E-state index contributed by atoms with van der Waals surface area (Å²) in [7, 11) is 0. The normalized spacial score (nSPS) is 15.5. The summed E-state index contributed by atoms with van der Waals surface area (Å²) < 4.78 is 46.0. The molecule has 2 aromatic carbocycles. The lowest BCUT2D eigenvalue weighted by atomic mass is 9.96. The number of rotatable bonds is 5. The first-order valence-corrected chi connectivity index (χ1v) is 8.51. The average Bonchev–Trinajstić information content (AvgIpc) is 3.07. The van der Waals surface area contributed by atoms with E-state index < -0.39 is 29.8 Å². The van der Waals surface area contributed by atoms with Gasteiger partial charge in [-0.15, -0.1) is 0 Å². The molecule has 3 amide bonds. The van der Waals surface area contributed by atoms with E-state index in [1.165, 1.54) is 12.1 Å². The molecule has 2 aromatic rings. The van der Waals surface area contributed by atoms with Crippen LogP contribution < -0.4 is 21.1 Å². The minimum Gasteiger partial charge on any atom is -0.487 e. The Labute approximate surface area is 158 Å². The summed E-state index contributed by atoms with van der Waals surface area (Å²) in [5.74, 6) is -0.0605. The second-order valence-corrected chi connectivity index (χ2v) is 6.30. The Bertz CT molecular complexity index is 899. The lowest BCUT2D eigenvalue weighted by molar-refractivity contribution is -0.137. The number of hydrogen-bond donors (Lipinski definition) is 3. The van der Waals surface area contributed by atoms with E-state index in [2.05, 4.69) is 10.6 Å². The number of benzene rings is 2. The maximum atomic E-state index is 13.4. The summed E-state index contributed by atoms with van der Waals surface area (Å²) in [6, 6.07) is 9.57. The smallest absolute Gasteiger partial charge is 0.417 e. The minimum atomic E-state index is -4.49. The van der Waals surface area contributed by atoms with Crippen LogP contribution >= 0.6 is 0 Å². The lowest BCUT2D eigenvalue weighted by Crippen LogP contribution is -2.42. The van der Waals surface area contributed by atoms with Gasteiger partial charge in [0.05, 0.1) is 18.7 Å². The quantitative estimate of drug-likeness (QED) is 0.729. The van der Waals surface area contributed by atoms with Crippen molar-refractivity contribution in [3.63, 3.8) is 0 Å². The number of primary amides is 1. The number of urea groups is 1. The Hall–Kier alpha value is -3.23. The topological polar surface area (TPSA) is 93.5 Å². The third kappa shape index (κ3) is 4.36. The molecule has 0 fully saturated rings. The number of carbonyl (C=O) groups is 2. The Kier molecular flexibility index (Phi) is 5.43. The van der Waals surface area contributed by atoms with Crippen molar-refractivity contribution < 1.29 is 27.5 Å². The van der Waals surface area contributed by atoms with Gasteiger partial charge >= 0.3 is 12.2 Å². The van der Waals surface area contributed by atoms with Crippen LogP contribution in [-0.2, 0) is 17.4 Å². The highest BCUT2D eigenvalue weighted by Gasteiger charge is 2.35. The van der Waals surface area contributed by atoms with Crippen LogP contribution in [0.4, 0.5) is 18.0 Å². The number of halogens is 3. The SMILES string of the molecule is NC(=O)NCC(=O)NCC1Cc2cccc(-c3ccccc3C(F)(F)F)c2O1. The summed E-state index contributed by atoms with van der Waals surface area (Å²) in [5, 5.41) is 4.76. The fourth-order valence-corrected chi connectivity index (χ4v) is 3.09. The van der Waals surface area contributed by atoms with Crippen LogP contribution in [-0.4, -0.2) is 31.1 Å². The highest BCUT2D eigenvalue weighted by molar-refractivity contribution is 5.83. The second kappa shape index (κ2) is 7.79. The zero-order valence-corrected chi connectivity index (χ0v) is 14.7. The van der Waals surface area contributed by atoms with Gasteiger partial charge in [0.2, 0.25) is 5.91 Å². The minimum absolute atomic E-state index is 0.0437. The van der Waals surface area contributed by atoms with Crippen LogP contribution in [0.3, 0.4) is 0 Å². The van der Waals surface area contributed by atoms with E-state index in [-0.39, 0.29) is 18.7 Å². The van der Waals surface area contributed by atoms with E-state index in [9.17, 15) is 22.8 Å². The van der Waals surface area contributed by atoms with E-state index >= 15 is 0 Å². The van der Waals surface area contributed by atoms with Crippen molar-refractivity contribution in [2.45, 2.75) is 18.7 Å². The molecule has 0 spiro atoms. The Morgan fingerprint density at radius 1 is 1.07 bits per heavy atom. The van der Waals surface area contributed by atoms with Gasteiger partial charge in [0.15, 0.2) is 0 Å². The molecular formula is C19H18F3N3O3. The van der Waals surface area contributed by atoms with Gasteiger partial charge in [0.1, 0.15) is 11.9 Å². The van der Waals surface area contributed by atoms with Gasteiger partial charge < -0.3 is 21.1 Å². The number of nitrogens with two attached hydrogens (primary N) is 1. The van der Waals surface area contributed by atoms with Crippen LogP contribution in [0.5, 0.6) is 5.75 Å². The fourth-order valence-electron chi connectivity index (χ4n) is 3.09. The van der Waals surface area contributed by atoms with Gasteiger partial charge in [0.25, 0.3) is 0 Å². The number of fused-ring (bicyclic) bond motifs is 1. The molecule has 0 saturated heterocycles. The molecule has 0 bridgehead atoms. The molecule has 3 rings (SSSR count). The third-order valence-electron chi connectivity index (χ3n) is 4.30. The van der Waals surface area contributed by atoms with Crippen LogP contribution in [0.2, 0.25) is 0 Å². The summed E-state index contributed by atoms with van der Waals surface area (Å²) in [5.41, 5.74) is 5.33. The molecular weight excluding hydrogens is 375 g/mol. The first-order valence-electron chi connectivity index (χ1n) is 8.51. The molecule has 6 nitrogen and oxygen atoms in total. The predicted molar refractivity (Wildman–Crippen MR) is 95.6 cm³/mol. The Morgan fingerprint density at radius 2 is 1.79 bits per heavy atom. The van der Waals surface area contributed by atoms with Gasteiger partial charge in [-0.05, 0) is 17.2 Å². The molecule has 9 heteroatoms. The number of ether oxygens (including phenoxy) is 1. The van der Waals surface area contributed by atoms with Gasteiger partial charge in [-0.1, -0.05) is 36.4 Å². The van der Waals surface area contributed by atoms with E-state index in [0.717, 1.165) is 11.6 Å². The van der Waals surface area contributed by atoms with Gasteiger partial charge in [-0.25, -0.2) is 4.79 Å². The fraction of sp³-hybridized carbons (Fsp3) is 0.263. The van der Waals surface area contributed by atoms with E-state index in [1.54, 1.807) is 24.3 Å². The number of para-hydroxylation sites is 1. The number of nitrogens with one attached hydrogen (secondary N) is 2. The number of hydrogen-bond acceptors (Lipinski definition) is 3. The molecule has 0 radical (unpaired) electrons. The van der Waals surface area contributed by atoms with Crippen molar-refractivity contribution in [1.82, 2.24) is 10.6 Å². The van der Waals surface area contributed by atoms with Crippen LogP contribution in [0.25, 0.3) is 11.1 Å². The van der Waals surface area contributed by atoms with Crippen molar-refractivity contribution in [2.75, 3.05) is 13.1 Å². The molecule has 148 valence electrons. The highest BCUT2D eigenvalue weighted by Crippen LogP contribution is 2.43. The molecule has 0 aliphatic carbocycles. The maximum absolute atomic E-state index is 13.4. The van der Waals surface area contributed by atoms with Crippen LogP contribution in [0.1, 0.15) is 11.1 Å². The van der Waals surface area contributed by atoms with Crippen molar-refractivity contribution in [1.29, 1.82) is 0 Å². The predicted octanol–water partition coefficient (Wildman–Crippen LogP) is 2.46. The molecule has 1 aliphatic heterocycles. The highest BCUT2D eigenvalue weighted by atomic mass is 19.4. The molecule has 0 aromatic heterocycles. The first-order chi connectivity index (χ1) is 13.3. The Balaban J connectivity index is 1.76. The average molecular weight is 393 g/mol. The second-order valence-electron chi connectivity index (χ2n) is 6.30. The van der Waals surface area contributed by atoms with Crippen LogP contribution in [0.15, 0.2) is 42.5 Å². The monoisotopic (exact) mass is 393 g/mol. The van der Waals surface area contributed by atoms with Gasteiger partial charge in [0, 0.05) is 12.0 Å². The Morgan fingerprint density at radius 3 is 2.50 bits per heavy atom. The third-order valence-corrected chi connectivity index (χ3v) is 4.30. The molecule has 1 unspecified atom stereocenters. The number of carbonyl (C=O) groups excluding carboxylic acids is 2. The molecule has 4 N–H and O–H groups in total. The lowest BCUT2D eigenvalue weighted by Gasteiger charge is -2.16. The summed E-state index contributed by atoms with van der Waals surface area (Å²) >= 11 is 0. The summed E-state index contributed by atoms with van der Waals surface area (Å²) in [6.45, 7) is -0.118. The molecule has 1 atom stereocenters. The zero-order valence-electron chi connectivity index (χ0n) is 14.7. The maximum Gasteiger partial charge on any atom is 0.417 e. The molecule has 1 heterocycles. The standard InChI is InChI=1S/C19H18F3N3O3/c20-19(21,22)15-7-2-1-5-13(15)14-6-3-4-11-8-12(28-17(11)14)9-24-16(26)10-25-18(23)27/h1-7,12H,8-10H2,(H,24,26)(H3,23,25,27). The largest absolute Gasteiger partial charge is 0.487 e. The summed E-state index contributed by atoms with van der Waals surface area (Å²) in [4.78, 5) is 22.3. The number of alkyl halides is 3. The zero-order chi connectivity index (χ0) is 20.3. The van der Waals surface area contributed by atoms with Crippen LogP contribution in [0, 0.1) is 0 Å². The molecule has 1 aliphatic rings. The number of amides is 3. The van der Waals surface area contributed by atoms with E-state index in [1.807, 2.05) is 0 Å².